The number of carbonyl (C=O) groups is 2. The summed E-state index contributed by atoms with van der Waals surface area (Å²) in [6.07, 6.45) is 9.32. The average Bonchev–Trinajstić information content (AvgIpc) is 3.51. The fraction of sp³-hybridized carbons (Fsp3) is 0.579. The Bertz CT molecular complexity index is 978. The van der Waals surface area contributed by atoms with E-state index in [0.717, 1.165) is 48.7 Å². The molecule has 30 heavy (non-hydrogen) atoms. The van der Waals surface area contributed by atoms with E-state index in [1.54, 1.807) is 20.9 Å². The Balaban J connectivity index is 1.17. The summed E-state index contributed by atoms with van der Waals surface area (Å²) in [5.41, 5.74) is 0.403. The van der Waals surface area contributed by atoms with Gasteiger partial charge in [0.25, 0.3) is 0 Å². The number of likely N-dealkylation sites (tertiary alicyclic amines) is 1. The van der Waals surface area contributed by atoms with Crippen LogP contribution in [0.5, 0.6) is 0 Å². The van der Waals surface area contributed by atoms with Crippen LogP contribution in [0.3, 0.4) is 0 Å². The summed E-state index contributed by atoms with van der Waals surface area (Å²) < 4.78 is 6.57. The van der Waals surface area contributed by atoms with Gasteiger partial charge in [-0.3, -0.25) is 4.79 Å². The number of hydrogen-bond donors (Lipinski definition) is 1. The molecule has 4 heterocycles. The summed E-state index contributed by atoms with van der Waals surface area (Å²) in [5.74, 6) is -0.197. The summed E-state index contributed by atoms with van der Waals surface area (Å²) in [6.45, 7) is 3.00. The van der Waals surface area contributed by atoms with Crippen molar-refractivity contribution in [3.8, 4) is 5.13 Å². The third-order valence-electron chi connectivity index (χ3n) is 6.35. The molecule has 0 radical (unpaired) electrons. The minimum atomic E-state index is -0.356. The minimum absolute atomic E-state index is 0.102. The molecule has 3 aliphatic rings. The van der Waals surface area contributed by atoms with Gasteiger partial charge in [0.2, 0.25) is 11.0 Å². The van der Waals surface area contributed by atoms with Crippen LogP contribution in [0.25, 0.3) is 5.13 Å². The van der Waals surface area contributed by atoms with Crippen molar-refractivity contribution in [3.05, 3.63) is 29.2 Å². The highest BCUT2D eigenvalue weighted by Gasteiger charge is 2.52. The predicted molar refractivity (Wildman–Crippen MR) is 106 cm³/mol. The van der Waals surface area contributed by atoms with Crippen molar-refractivity contribution in [1.29, 1.82) is 0 Å². The molecule has 1 N–H and O–H groups in total. The topological polar surface area (TPSA) is 115 Å². The molecule has 2 fully saturated rings. The predicted octanol–water partition coefficient (Wildman–Crippen LogP) is 1.20. The molecule has 0 aromatic carbocycles. The zero-order valence-corrected chi connectivity index (χ0v) is 17.5. The van der Waals surface area contributed by atoms with Crippen LogP contribution in [-0.4, -0.2) is 60.7 Å². The van der Waals surface area contributed by atoms with Crippen LogP contribution in [0, 0.1) is 5.41 Å². The summed E-state index contributed by atoms with van der Waals surface area (Å²) in [5, 5.41) is 15.5. The molecular weight excluding hydrogens is 406 g/mol. The van der Waals surface area contributed by atoms with Crippen molar-refractivity contribution in [1.82, 2.24) is 35.4 Å². The van der Waals surface area contributed by atoms with Crippen molar-refractivity contribution in [2.75, 3.05) is 6.61 Å². The molecule has 2 aromatic rings. The largest absolute Gasteiger partial charge is 0.456 e. The third-order valence-corrected chi connectivity index (χ3v) is 7.34. The first-order valence-corrected chi connectivity index (χ1v) is 11.0. The Hall–Kier alpha value is -2.66. The molecular formula is C19H23N7O3S. The fourth-order valence-electron chi connectivity index (χ4n) is 4.89. The quantitative estimate of drug-likeness (QED) is 0.705. The van der Waals surface area contributed by atoms with E-state index >= 15 is 0 Å². The smallest absolute Gasteiger partial charge is 0.333 e. The number of cyclic esters (lactones) is 1. The maximum absolute atomic E-state index is 13.3. The second-order valence-corrected chi connectivity index (χ2v) is 9.36. The Labute approximate surface area is 177 Å². The lowest BCUT2D eigenvalue weighted by molar-refractivity contribution is -0.138. The van der Waals surface area contributed by atoms with E-state index < -0.39 is 0 Å². The maximum atomic E-state index is 13.3. The Kier molecular flexibility index (Phi) is 4.86. The van der Waals surface area contributed by atoms with E-state index in [1.165, 1.54) is 12.4 Å². The zero-order valence-electron chi connectivity index (χ0n) is 16.7. The van der Waals surface area contributed by atoms with Crippen LogP contribution >= 0.6 is 11.3 Å². The van der Waals surface area contributed by atoms with E-state index in [9.17, 15) is 9.59 Å². The second-order valence-electron chi connectivity index (χ2n) is 8.27. The number of ether oxygens (including phenoxy) is 1. The summed E-state index contributed by atoms with van der Waals surface area (Å²) >= 11 is 1.55. The van der Waals surface area contributed by atoms with Crippen molar-refractivity contribution in [2.45, 2.75) is 57.7 Å². The number of nitrogens with one attached hydrogen (secondary N) is 1. The molecule has 1 spiro atoms. The summed E-state index contributed by atoms with van der Waals surface area (Å²) in [7, 11) is 0. The first-order valence-electron chi connectivity index (χ1n) is 10.2. The van der Waals surface area contributed by atoms with Gasteiger partial charge >= 0.3 is 5.97 Å². The normalized spacial score (nSPS) is 29.0. The van der Waals surface area contributed by atoms with Gasteiger partial charge in [0.05, 0.1) is 11.1 Å². The molecule has 1 atom stereocenters. The van der Waals surface area contributed by atoms with Crippen molar-refractivity contribution < 1.29 is 14.3 Å². The van der Waals surface area contributed by atoms with Crippen molar-refractivity contribution in [3.63, 3.8) is 0 Å². The van der Waals surface area contributed by atoms with Gasteiger partial charge in [-0.1, -0.05) is 11.3 Å². The van der Waals surface area contributed by atoms with Gasteiger partial charge in [0.15, 0.2) is 0 Å². The number of thiazole rings is 1. The molecule has 1 aliphatic carbocycles. The maximum Gasteiger partial charge on any atom is 0.333 e. The van der Waals surface area contributed by atoms with Crippen molar-refractivity contribution >= 4 is 23.2 Å². The highest BCUT2D eigenvalue weighted by molar-refractivity contribution is 7.14. The fourth-order valence-corrected chi connectivity index (χ4v) is 5.67. The van der Waals surface area contributed by atoms with E-state index in [-0.39, 0.29) is 29.9 Å². The Morgan fingerprint density at radius 3 is 2.87 bits per heavy atom. The molecule has 2 aromatic heterocycles. The molecule has 2 aliphatic heterocycles. The van der Waals surface area contributed by atoms with Gasteiger partial charge < -0.3 is 15.0 Å². The lowest BCUT2D eigenvalue weighted by atomic mass is 9.70. The minimum Gasteiger partial charge on any atom is -0.456 e. The number of carbonyl (C=O) groups excluding carboxylic acids is 2. The first kappa shape index (κ1) is 19.3. The standard InChI is InChI=1S/C19H23N7O3S/c1-12-7-19(17(28)26(12)14-6-16(27)29-10-14)4-2-13(3-5-19)20-8-15-9-21-18(30-15)25-11-22-23-24-25/h6,9,11-13,20H,2-5,7-8,10H2,1H3/t12-,13-,19-/m0/s1. The number of rotatable bonds is 5. The van der Waals surface area contributed by atoms with Crippen LogP contribution in [0.4, 0.5) is 0 Å². The number of hydrogen-bond acceptors (Lipinski definition) is 9. The molecule has 1 amide bonds. The van der Waals surface area contributed by atoms with Gasteiger partial charge in [-0.25, -0.2) is 9.78 Å². The lowest BCUT2D eigenvalue weighted by Gasteiger charge is -2.36. The van der Waals surface area contributed by atoms with E-state index in [0.29, 0.717) is 11.7 Å². The van der Waals surface area contributed by atoms with Gasteiger partial charge in [-0.15, -0.1) is 5.10 Å². The lowest BCUT2D eigenvalue weighted by Crippen LogP contribution is -2.42. The van der Waals surface area contributed by atoms with Gasteiger partial charge in [0.1, 0.15) is 12.9 Å². The molecule has 10 nitrogen and oxygen atoms in total. The number of nitrogens with zero attached hydrogens (tertiary/aromatic N) is 6. The molecule has 0 unspecified atom stereocenters. The van der Waals surface area contributed by atoms with Crippen LogP contribution in [0.15, 0.2) is 24.3 Å². The second kappa shape index (κ2) is 7.55. The number of tetrazole rings is 1. The number of amides is 1. The number of aromatic nitrogens is 5. The molecule has 1 saturated heterocycles. The molecule has 1 saturated carbocycles. The SMILES string of the molecule is C[C@H]1C[C@]2(CC[C@@H](NCc3cnc(-n4cnnn4)s3)CC2)C(=O)N1C1=CC(=O)OC1. The number of esters is 1. The highest BCUT2D eigenvalue weighted by Crippen LogP contribution is 2.48. The summed E-state index contributed by atoms with van der Waals surface area (Å²) in [4.78, 5) is 32.0. The van der Waals surface area contributed by atoms with Crippen LogP contribution in [0.2, 0.25) is 0 Å². The van der Waals surface area contributed by atoms with Gasteiger partial charge in [0, 0.05) is 35.8 Å². The molecule has 158 valence electrons. The molecule has 11 heteroatoms. The van der Waals surface area contributed by atoms with Crippen LogP contribution < -0.4 is 5.32 Å². The van der Waals surface area contributed by atoms with E-state index in [1.807, 2.05) is 6.20 Å². The molecule has 0 bridgehead atoms. The monoisotopic (exact) mass is 429 g/mol. The van der Waals surface area contributed by atoms with E-state index in [2.05, 4.69) is 32.7 Å². The highest BCUT2D eigenvalue weighted by atomic mass is 32.1. The zero-order chi connectivity index (χ0) is 20.7. The third kappa shape index (κ3) is 3.41. The van der Waals surface area contributed by atoms with Crippen LogP contribution in [0.1, 0.15) is 43.9 Å². The van der Waals surface area contributed by atoms with E-state index in [4.69, 9.17) is 4.74 Å². The Morgan fingerprint density at radius 2 is 2.17 bits per heavy atom. The van der Waals surface area contributed by atoms with Gasteiger partial charge in [-0.2, -0.15) is 4.68 Å². The summed E-state index contributed by atoms with van der Waals surface area (Å²) in [6, 6.07) is 0.478. The van der Waals surface area contributed by atoms with Crippen molar-refractivity contribution in [2.24, 2.45) is 5.41 Å². The Morgan fingerprint density at radius 1 is 1.33 bits per heavy atom. The average molecular weight is 430 g/mol. The van der Waals surface area contributed by atoms with Crippen LogP contribution in [-0.2, 0) is 20.9 Å². The first-order chi connectivity index (χ1) is 14.5. The molecule has 5 rings (SSSR count). The van der Waals surface area contributed by atoms with Gasteiger partial charge in [-0.05, 0) is 49.5 Å².